The second-order valence-electron chi connectivity index (χ2n) is 5.82. The zero-order valence-electron chi connectivity index (χ0n) is 13.7. The van der Waals surface area contributed by atoms with Gasteiger partial charge in [0.25, 0.3) is 0 Å². The van der Waals surface area contributed by atoms with Crippen LogP contribution in [0.3, 0.4) is 0 Å². The highest BCUT2D eigenvalue weighted by Gasteiger charge is 2.34. The van der Waals surface area contributed by atoms with Gasteiger partial charge in [-0.3, -0.25) is 4.79 Å². The topological polar surface area (TPSA) is 84.7 Å². The fourth-order valence-corrected chi connectivity index (χ4v) is 2.99. The minimum atomic E-state index is -4.74. The van der Waals surface area contributed by atoms with Crippen LogP contribution in [0.5, 0.6) is 5.75 Å². The highest BCUT2D eigenvalue weighted by Crippen LogP contribution is 2.28. The van der Waals surface area contributed by atoms with E-state index in [2.05, 4.69) is 10.1 Å². The Morgan fingerprint density at radius 3 is 2.48 bits per heavy atom. The largest absolute Gasteiger partial charge is 0.573 e. The quantitative estimate of drug-likeness (QED) is 0.846. The molecule has 2 atom stereocenters. The van der Waals surface area contributed by atoms with E-state index < -0.39 is 18.3 Å². The predicted molar refractivity (Wildman–Crippen MR) is 85.3 cm³/mol. The highest BCUT2D eigenvalue weighted by molar-refractivity contribution is 5.83. The zero-order valence-corrected chi connectivity index (χ0v) is 13.7. The molecule has 1 aliphatic rings. The number of halogens is 3. The molecule has 1 saturated heterocycles. The van der Waals surface area contributed by atoms with Crippen molar-refractivity contribution >= 4 is 17.5 Å². The Labute approximate surface area is 143 Å². The first-order chi connectivity index (χ1) is 11.7. The summed E-state index contributed by atoms with van der Waals surface area (Å²) in [6.45, 7) is 2.64. The van der Waals surface area contributed by atoms with E-state index >= 15 is 0 Å². The van der Waals surface area contributed by atoms with E-state index in [-0.39, 0.29) is 17.6 Å². The molecule has 6 nitrogen and oxygen atoms in total. The molecule has 0 saturated carbocycles. The molecule has 1 aromatic rings. The van der Waals surface area contributed by atoms with Crippen LogP contribution in [0.15, 0.2) is 24.3 Å². The van der Waals surface area contributed by atoms with Crippen LogP contribution < -0.4 is 20.7 Å². The normalized spacial score (nSPS) is 20.9. The van der Waals surface area contributed by atoms with Crippen molar-refractivity contribution in [1.82, 2.24) is 5.32 Å². The second-order valence-corrected chi connectivity index (χ2v) is 5.82. The lowest BCUT2D eigenvalue weighted by molar-refractivity contribution is -0.274. The third-order valence-electron chi connectivity index (χ3n) is 4.14. The Kier molecular flexibility index (Phi) is 5.76. The SMILES string of the molecule is CCC(=O)C1CN(c2ccc(OC(F)(F)F)cc2)CCC1NC(N)=O. The minimum absolute atomic E-state index is 0.000440. The molecule has 2 amide bonds. The molecule has 0 radical (unpaired) electrons. The molecule has 1 aromatic carbocycles. The van der Waals surface area contributed by atoms with Gasteiger partial charge < -0.3 is 20.7 Å². The number of ketones is 1. The number of amides is 2. The van der Waals surface area contributed by atoms with Gasteiger partial charge >= 0.3 is 12.4 Å². The summed E-state index contributed by atoms with van der Waals surface area (Å²) in [5.74, 6) is -0.722. The van der Waals surface area contributed by atoms with Gasteiger partial charge in [0.1, 0.15) is 11.5 Å². The Morgan fingerprint density at radius 1 is 1.32 bits per heavy atom. The molecule has 0 aliphatic carbocycles. The molecular formula is C16H20F3N3O3. The van der Waals surface area contributed by atoms with Gasteiger partial charge in [-0.05, 0) is 30.7 Å². The van der Waals surface area contributed by atoms with E-state index in [4.69, 9.17) is 5.73 Å². The maximum absolute atomic E-state index is 12.2. The molecule has 138 valence electrons. The molecule has 1 aliphatic heterocycles. The average molecular weight is 359 g/mol. The van der Waals surface area contributed by atoms with Gasteiger partial charge in [-0.15, -0.1) is 13.2 Å². The lowest BCUT2D eigenvalue weighted by Gasteiger charge is -2.39. The number of hydrogen-bond donors (Lipinski definition) is 2. The van der Waals surface area contributed by atoms with Crippen LogP contribution in [-0.4, -0.2) is 37.3 Å². The first-order valence-electron chi connectivity index (χ1n) is 7.89. The van der Waals surface area contributed by atoms with Crippen molar-refractivity contribution in [2.45, 2.75) is 32.2 Å². The maximum Gasteiger partial charge on any atom is 0.573 e. The standard InChI is InChI=1S/C16H20F3N3O3/c1-2-14(23)12-9-22(8-7-13(12)21-15(20)24)10-3-5-11(6-4-10)25-16(17,18)19/h3-6,12-13H,2,7-9H2,1H3,(H3,20,21,24). The number of hydrogen-bond acceptors (Lipinski definition) is 4. The number of benzene rings is 1. The summed E-state index contributed by atoms with van der Waals surface area (Å²) in [7, 11) is 0. The summed E-state index contributed by atoms with van der Waals surface area (Å²) in [5.41, 5.74) is 5.84. The number of nitrogens with zero attached hydrogens (tertiary/aromatic N) is 1. The first-order valence-corrected chi connectivity index (χ1v) is 7.89. The highest BCUT2D eigenvalue weighted by atomic mass is 19.4. The molecular weight excluding hydrogens is 339 g/mol. The number of primary amides is 1. The van der Waals surface area contributed by atoms with Gasteiger partial charge in [0.2, 0.25) is 0 Å². The second kappa shape index (κ2) is 7.62. The Hall–Kier alpha value is -2.45. The Bertz CT molecular complexity index is 619. The minimum Gasteiger partial charge on any atom is -0.406 e. The van der Waals surface area contributed by atoms with E-state index in [9.17, 15) is 22.8 Å². The van der Waals surface area contributed by atoms with E-state index in [0.29, 0.717) is 31.6 Å². The smallest absolute Gasteiger partial charge is 0.406 e. The van der Waals surface area contributed by atoms with Crippen molar-refractivity contribution in [3.05, 3.63) is 24.3 Å². The summed E-state index contributed by atoms with van der Waals surface area (Å²) >= 11 is 0. The van der Waals surface area contributed by atoms with Crippen LogP contribution >= 0.6 is 0 Å². The molecule has 1 heterocycles. The van der Waals surface area contributed by atoms with Crippen LogP contribution in [-0.2, 0) is 4.79 Å². The molecule has 2 rings (SSSR count). The molecule has 9 heteroatoms. The number of nitrogens with one attached hydrogen (secondary N) is 1. The van der Waals surface area contributed by atoms with Gasteiger partial charge in [0.15, 0.2) is 0 Å². The third-order valence-corrected chi connectivity index (χ3v) is 4.14. The molecule has 0 bridgehead atoms. The molecule has 1 fully saturated rings. The molecule has 25 heavy (non-hydrogen) atoms. The van der Waals surface area contributed by atoms with Gasteiger partial charge in [0.05, 0.1) is 5.92 Å². The number of carbonyl (C=O) groups is 2. The summed E-state index contributed by atoms with van der Waals surface area (Å²) in [4.78, 5) is 25.2. The lowest BCUT2D eigenvalue weighted by atomic mass is 9.87. The van der Waals surface area contributed by atoms with Crippen molar-refractivity contribution in [3.8, 4) is 5.75 Å². The van der Waals surface area contributed by atoms with Crippen molar-refractivity contribution in [1.29, 1.82) is 0 Å². The summed E-state index contributed by atoms with van der Waals surface area (Å²) in [6, 6.07) is 4.46. The van der Waals surface area contributed by atoms with Crippen LogP contribution in [0, 0.1) is 5.92 Å². The van der Waals surface area contributed by atoms with Crippen molar-refractivity contribution in [2.75, 3.05) is 18.0 Å². The molecule has 0 aromatic heterocycles. The number of carbonyl (C=O) groups excluding carboxylic acids is 2. The Balaban J connectivity index is 2.10. The van der Waals surface area contributed by atoms with Gasteiger partial charge in [-0.1, -0.05) is 6.92 Å². The summed E-state index contributed by atoms with van der Waals surface area (Å²) in [5, 5.41) is 2.60. The number of anilines is 1. The van der Waals surface area contributed by atoms with Crippen LogP contribution in [0.25, 0.3) is 0 Å². The monoisotopic (exact) mass is 359 g/mol. The fraction of sp³-hybridized carbons (Fsp3) is 0.500. The zero-order chi connectivity index (χ0) is 18.6. The number of Topliss-reactive ketones (excluding diaryl/α,β-unsaturated/α-hetero) is 1. The van der Waals surface area contributed by atoms with Crippen molar-refractivity contribution < 1.29 is 27.5 Å². The first kappa shape index (κ1) is 18.9. The number of ether oxygens (including phenoxy) is 1. The van der Waals surface area contributed by atoms with E-state index in [1.54, 1.807) is 6.92 Å². The number of alkyl halides is 3. The van der Waals surface area contributed by atoms with Crippen LogP contribution in [0.4, 0.5) is 23.7 Å². The lowest BCUT2D eigenvalue weighted by Crippen LogP contribution is -2.54. The number of nitrogens with two attached hydrogens (primary N) is 1. The Morgan fingerprint density at radius 2 is 1.96 bits per heavy atom. The van der Waals surface area contributed by atoms with Gasteiger partial charge in [0, 0.05) is 31.2 Å². The molecule has 0 spiro atoms. The van der Waals surface area contributed by atoms with E-state index in [1.165, 1.54) is 24.3 Å². The number of rotatable bonds is 5. The molecule has 3 N–H and O–H groups in total. The van der Waals surface area contributed by atoms with E-state index in [1.807, 2.05) is 4.90 Å². The number of urea groups is 1. The van der Waals surface area contributed by atoms with Crippen molar-refractivity contribution in [3.63, 3.8) is 0 Å². The van der Waals surface area contributed by atoms with Gasteiger partial charge in [-0.25, -0.2) is 4.79 Å². The third kappa shape index (κ3) is 5.27. The fourth-order valence-electron chi connectivity index (χ4n) is 2.99. The number of piperidine rings is 1. The van der Waals surface area contributed by atoms with Crippen LogP contribution in [0.1, 0.15) is 19.8 Å². The molecule has 2 unspecified atom stereocenters. The van der Waals surface area contributed by atoms with Crippen LogP contribution in [0.2, 0.25) is 0 Å². The van der Waals surface area contributed by atoms with Gasteiger partial charge in [-0.2, -0.15) is 0 Å². The average Bonchev–Trinajstić information content (AvgIpc) is 2.53. The summed E-state index contributed by atoms with van der Waals surface area (Å²) < 4.78 is 40.5. The predicted octanol–water partition coefficient (Wildman–Crippen LogP) is 2.43. The summed E-state index contributed by atoms with van der Waals surface area (Å²) in [6.07, 6.45) is -3.90. The van der Waals surface area contributed by atoms with E-state index in [0.717, 1.165) is 0 Å². The maximum atomic E-state index is 12.2. The van der Waals surface area contributed by atoms with Crippen molar-refractivity contribution in [2.24, 2.45) is 11.7 Å².